The second-order valence-corrected chi connectivity index (χ2v) is 14.2. The highest BCUT2D eigenvalue weighted by Crippen LogP contribution is 2.68. The summed E-state index contributed by atoms with van der Waals surface area (Å²) in [5, 5.41) is 0. The maximum atomic E-state index is 14.0. The Morgan fingerprint density at radius 1 is 0.588 bits per heavy atom. The first-order valence-corrected chi connectivity index (χ1v) is 17.0. The van der Waals surface area contributed by atoms with Crippen molar-refractivity contribution in [1.29, 1.82) is 0 Å². The predicted molar refractivity (Wildman–Crippen MR) is 181 cm³/mol. The maximum Gasteiger partial charge on any atom is 0.338 e. The second kappa shape index (κ2) is 13.6. The van der Waals surface area contributed by atoms with Gasteiger partial charge in [-0.25, -0.2) is 14.4 Å². The molecule has 2 bridgehead atoms. The molecule has 3 aromatic rings. The van der Waals surface area contributed by atoms with Crippen LogP contribution in [0.3, 0.4) is 0 Å². The molecule has 1 heterocycles. The first kappa shape index (κ1) is 35.8. The Labute approximate surface area is 296 Å². The van der Waals surface area contributed by atoms with Gasteiger partial charge in [0.1, 0.15) is 23.9 Å². The molecule has 0 radical (unpaired) electrons. The molecule has 0 N–H and O–H groups in total. The number of benzene rings is 3. The third kappa shape index (κ3) is 6.17. The normalized spacial score (nSPS) is 31.7. The summed E-state index contributed by atoms with van der Waals surface area (Å²) in [6, 6.07) is 24.9. The minimum atomic E-state index is -1.67. The molecule has 11 nitrogen and oxygen atoms in total. The second-order valence-electron chi connectivity index (χ2n) is 14.2. The molecule has 9 atom stereocenters. The van der Waals surface area contributed by atoms with Crippen molar-refractivity contribution in [2.45, 2.75) is 89.7 Å². The first-order chi connectivity index (χ1) is 24.2. The molecule has 51 heavy (non-hydrogen) atoms. The first-order valence-electron chi connectivity index (χ1n) is 17.0. The number of rotatable bonds is 8. The van der Waals surface area contributed by atoms with Crippen molar-refractivity contribution in [1.82, 2.24) is 0 Å². The van der Waals surface area contributed by atoms with Gasteiger partial charge >= 0.3 is 29.8 Å². The average molecular weight is 699 g/mol. The molecule has 0 amide bonds. The zero-order valence-corrected chi connectivity index (χ0v) is 29.4. The van der Waals surface area contributed by atoms with Crippen LogP contribution in [0.2, 0.25) is 0 Å². The summed E-state index contributed by atoms with van der Waals surface area (Å²) in [5.41, 5.74) is -3.61. The van der Waals surface area contributed by atoms with Crippen molar-refractivity contribution in [3.8, 4) is 0 Å². The Morgan fingerprint density at radius 3 is 1.47 bits per heavy atom. The van der Waals surface area contributed by atoms with E-state index in [-0.39, 0.29) is 23.1 Å². The Kier molecular flexibility index (Phi) is 9.54. The third-order valence-electron chi connectivity index (χ3n) is 10.7. The van der Waals surface area contributed by atoms with Crippen LogP contribution < -0.4 is 0 Å². The third-order valence-corrected chi connectivity index (χ3v) is 10.7. The van der Waals surface area contributed by atoms with Crippen LogP contribution in [-0.4, -0.2) is 71.6 Å². The average Bonchev–Trinajstić information content (AvgIpc) is 3.30. The molecule has 3 aliphatic rings. The molecule has 0 aromatic heterocycles. The standard InChI is InChI=1S/C40H42O11/c1-23-22-29(48-35(43)26-16-10-7-11-17-26)32(49-36(44)27-18-12-8-13-19-27)39(6)34(50-37(45)28-20-14-9-15-21-28)31(46-24(2)41)30-33(47-25(3)42)40(23,39)51-38(30,4)5/h7-21,23,29-34H,22H2,1-6H3. The van der Waals surface area contributed by atoms with Crippen LogP contribution in [0, 0.1) is 17.3 Å². The lowest BCUT2D eigenvalue weighted by molar-refractivity contribution is -0.311. The Hall–Kier alpha value is -5.03. The highest BCUT2D eigenvalue weighted by Gasteiger charge is 2.84. The molecule has 2 saturated carbocycles. The number of hydrogen-bond donors (Lipinski definition) is 0. The van der Waals surface area contributed by atoms with Crippen LogP contribution in [0.4, 0.5) is 0 Å². The van der Waals surface area contributed by atoms with Gasteiger partial charge < -0.3 is 28.4 Å². The number of ether oxygens (including phenoxy) is 6. The highest BCUT2D eigenvalue weighted by atomic mass is 16.6. The lowest BCUT2D eigenvalue weighted by Gasteiger charge is -2.63. The monoisotopic (exact) mass is 698 g/mol. The summed E-state index contributed by atoms with van der Waals surface area (Å²) in [4.78, 5) is 67.5. The molecule has 1 saturated heterocycles. The molecule has 6 rings (SSSR count). The van der Waals surface area contributed by atoms with Crippen LogP contribution in [0.15, 0.2) is 91.0 Å². The number of esters is 5. The van der Waals surface area contributed by atoms with Crippen LogP contribution in [-0.2, 0) is 38.0 Å². The number of hydrogen-bond acceptors (Lipinski definition) is 11. The summed E-state index contributed by atoms with van der Waals surface area (Å²) in [6.45, 7) is 9.65. The zero-order chi connectivity index (χ0) is 36.7. The molecule has 1 spiro atoms. The molecule has 11 heteroatoms. The van der Waals surface area contributed by atoms with Crippen molar-refractivity contribution >= 4 is 29.8 Å². The van der Waals surface area contributed by atoms with Crippen molar-refractivity contribution in [3.05, 3.63) is 108 Å². The summed E-state index contributed by atoms with van der Waals surface area (Å²) in [6.07, 6.45) is -6.07. The molecule has 3 aromatic carbocycles. The maximum absolute atomic E-state index is 14.0. The van der Waals surface area contributed by atoms with Gasteiger partial charge in [-0.2, -0.15) is 0 Å². The van der Waals surface area contributed by atoms with E-state index in [0.717, 1.165) is 0 Å². The summed E-state index contributed by atoms with van der Waals surface area (Å²) < 4.78 is 38.3. The SMILES string of the molecule is CC(=O)OC1C2C(OC(C)=O)C3(OC2(C)C)C(C)CC(OC(=O)c2ccccc2)C(OC(=O)c2ccccc2)C3(C)C1OC(=O)c1ccccc1. The van der Waals surface area contributed by atoms with Gasteiger partial charge in [-0.05, 0) is 69.5 Å². The fraction of sp³-hybridized carbons (Fsp3) is 0.425. The van der Waals surface area contributed by atoms with Crippen molar-refractivity contribution < 1.29 is 52.4 Å². The fourth-order valence-electron chi connectivity index (χ4n) is 8.72. The van der Waals surface area contributed by atoms with Crippen molar-refractivity contribution in [3.63, 3.8) is 0 Å². The zero-order valence-electron chi connectivity index (χ0n) is 29.4. The summed E-state index contributed by atoms with van der Waals surface area (Å²) in [7, 11) is 0. The van der Waals surface area contributed by atoms with E-state index in [1.807, 2.05) is 6.92 Å². The van der Waals surface area contributed by atoms with E-state index in [9.17, 15) is 24.0 Å². The predicted octanol–water partition coefficient (Wildman–Crippen LogP) is 5.75. The minimum Gasteiger partial charge on any atom is -0.459 e. The van der Waals surface area contributed by atoms with Gasteiger partial charge in [0.25, 0.3) is 0 Å². The van der Waals surface area contributed by atoms with Gasteiger partial charge in [0.15, 0.2) is 12.2 Å². The molecular formula is C40H42O11. The Bertz CT molecular complexity index is 1790. The molecular weight excluding hydrogens is 656 g/mol. The Morgan fingerprint density at radius 2 is 1.02 bits per heavy atom. The van der Waals surface area contributed by atoms with E-state index in [1.165, 1.54) is 13.8 Å². The number of carbonyl (C=O) groups excluding carboxylic acids is 5. The molecule has 1 aliphatic heterocycles. The highest BCUT2D eigenvalue weighted by molar-refractivity contribution is 5.91. The minimum absolute atomic E-state index is 0.110. The van der Waals surface area contributed by atoms with Gasteiger partial charge in [0.2, 0.25) is 0 Å². The quantitative estimate of drug-likeness (QED) is 0.210. The van der Waals surface area contributed by atoms with Crippen LogP contribution >= 0.6 is 0 Å². The van der Waals surface area contributed by atoms with Crippen LogP contribution in [0.1, 0.15) is 79.0 Å². The van der Waals surface area contributed by atoms with E-state index >= 15 is 0 Å². The largest absolute Gasteiger partial charge is 0.459 e. The van der Waals surface area contributed by atoms with Crippen LogP contribution in [0.25, 0.3) is 0 Å². The number of carbonyl (C=O) groups is 5. The summed E-state index contributed by atoms with van der Waals surface area (Å²) >= 11 is 0. The van der Waals surface area contributed by atoms with E-state index < -0.39 is 88.8 Å². The topological polar surface area (TPSA) is 141 Å². The molecule has 2 aliphatic carbocycles. The van der Waals surface area contributed by atoms with Gasteiger partial charge in [-0.1, -0.05) is 61.5 Å². The summed E-state index contributed by atoms with van der Waals surface area (Å²) in [5.74, 6) is -4.84. The Balaban J connectivity index is 1.59. The van der Waals surface area contributed by atoms with Gasteiger partial charge in [-0.15, -0.1) is 0 Å². The van der Waals surface area contributed by atoms with Crippen molar-refractivity contribution in [2.24, 2.45) is 17.3 Å². The van der Waals surface area contributed by atoms with Crippen LogP contribution in [0.5, 0.6) is 0 Å². The van der Waals surface area contributed by atoms with E-state index in [2.05, 4.69) is 0 Å². The lowest BCUT2D eigenvalue weighted by Crippen LogP contribution is -2.79. The van der Waals surface area contributed by atoms with E-state index in [1.54, 1.807) is 112 Å². The fourth-order valence-corrected chi connectivity index (χ4v) is 8.72. The van der Waals surface area contributed by atoms with Gasteiger partial charge in [0.05, 0.1) is 33.6 Å². The molecule has 9 unspecified atom stereocenters. The molecule has 268 valence electrons. The van der Waals surface area contributed by atoms with Gasteiger partial charge in [-0.3, -0.25) is 9.59 Å². The van der Waals surface area contributed by atoms with Crippen molar-refractivity contribution in [2.75, 3.05) is 0 Å². The van der Waals surface area contributed by atoms with E-state index in [4.69, 9.17) is 28.4 Å². The van der Waals surface area contributed by atoms with E-state index in [0.29, 0.717) is 0 Å². The lowest BCUT2D eigenvalue weighted by atomic mass is 9.47. The van der Waals surface area contributed by atoms with Gasteiger partial charge in [0, 0.05) is 13.8 Å². The smallest absolute Gasteiger partial charge is 0.338 e. The number of fused-ring (bicyclic) bond motifs is 1. The molecule has 3 fully saturated rings.